The second-order valence-electron chi connectivity index (χ2n) is 15.7. The van der Waals surface area contributed by atoms with Crippen LogP contribution in [0.4, 0.5) is 5.69 Å². The van der Waals surface area contributed by atoms with Crippen molar-refractivity contribution in [3.63, 3.8) is 0 Å². The number of methoxy groups -OCH3 is 1. The van der Waals surface area contributed by atoms with Gasteiger partial charge in [0.15, 0.2) is 0 Å². The highest BCUT2D eigenvalue weighted by Crippen LogP contribution is 2.47. The summed E-state index contributed by atoms with van der Waals surface area (Å²) in [4.78, 5) is 30.2. The number of hydrogen-bond acceptors (Lipinski definition) is 7. The summed E-state index contributed by atoms with van der Waals surface area (Å²) in [5.74, 6) is 0.165. The van der Waals surface area contributed by atoms with Crippen LogP contribution in [0.15, 0.2) is 71.1 Å². The van der Waals surface area contributed by atoms with Crippen LogP contribution in [0.1, 0.15) is 82.0 Å². The van der Waals surface area contributed by atoms with E-state index in [4.69, 9.17) is 25.8 Å². The predicted octanol–water partition coefficient (Wildman–Crippen LogP) is 7.48. The van der Waals surface area contributed by atoms with E-state index in [1.807, 2.05) is 37.3 Å². The van der Waals surface area contributed by atoms with Gasteiger partial charge in [-0.15, -0.1) is 4.36 Å². The van der Waals surface area contributed by atoms with Crippen LogP contribution in [0.5, 0.6) is 5.75 Å². The number of benzene rings is 3. The highest BCUT2D eigenvalue weighted by atomic mass is 35.5. The van der Waals surface area contributed by atoms with E-state index in [9.17, 15) is 13.8 Å². The summed E-state index contributed by atoms with van der Waals surface area (Å²) in [5.41, 5.74) is 5.87. The molecule has 0 saturated heterocycles. The van der Waals surface area contributed by atoms with E-state index in [0.29, 0.717) is 61.4 Å². The number of ether oxygens (including phenoxy) is 3. The lowest BCUT2D eigenvalue weighted by molar-refractivity contribution is 0.0131. The zero-order valence-corrected chi connectivity index (χ0v) is 32.1. The standard InChI is InChI=1S/C42H48ClN3O6S/c1-27-5-3-7-38(50-2)35-13-10-32(35)22-46-25-42(17-4-6-29-20-34(43)12-14-36(29)42)26-52-39-15-11-31(21-37(39)46)41(48)45-53(49,24-27)44-40(47)30-8-9-33-23-51-18-16-28(33)19-30/h3,7-9,11-12,14-15,19-21,27,32,35,38H,4-6,10,13,16-18,22-26H2,1-2H3,(H,44,45,47,48,49)/b7-3+/t27-,32-,35+,38-,42-,53?/m0/s1. The quantitative estimate of drug-likeness (QED) is 0.276. The first-order valence-electron chi connectivity index (χ1n) is 18.9. The van der Waals surface area contributed by atoms with Gasteiger partial charge >= 0.3 is 0 Å². The number of anilines is 1. The zero-order chi connectivity index (χ0) is 36.7. The number of allylic oxidation sites excluding steroid dienone is 1. The lowest BCUT2D eigenvalue weighted by Crippen LogP contribution is -2.49. The van der Waals surface area contributed by atoms with Crippen molar-refractivity contribution >= 4 is 39.0 Å². The molecule has 3 aliphatic heterocycles. The molecule has 2 amide bonds. The number of rotatable bonds is 3. The molecule has 5 aliphatic rings. The number of nitrogens with zero attached hydrogens (tertiary/aromatic N) is 2. The van der Waals surface area contributed by atoms with E-state index >= 15 is 0 Å². The minimum Gasteiger partial charge on any atom is -0.490 e. The topological polar surface area (TPSA) is 107 Å². The largest absolute Gasteiger partial charge is 0.490 e. The molecule has 8 rings (SSSR count). The first kappa shape index (κ1) is 36.3. The highest BCUT2D eigenvalue weighted by molar-refractivity contribution is 7.92. The highest BCUT2D eigenvalue weighted by Gasteiger charge is 2.44. The molecular formula is C42H48ClN3O6S. The average Bonchev–Trinajstić information content (AvgIpc) is 3.28. The summed E-state index contributed by atoms with van der Waals surface area (Å²) in [7, 11) is -1.76. The van der Waals surface area contributed by atoms with E-state index in [1.165, 1.54) is 11.1 Å². The van der Waals surface area contributed by atoms with Crippen molar-refractivity contribution in [1.82, 2.24) is 4.72 Å². The van der Waals surface area contributed by atoms with Crippen LogP contribution in [0.2, 0.25) is 5.02 Å². The number of nitrogens with one attached hydrogen (secondary N) is 1. The molecule has 3 heterocycles. The second-order valence-corrected chi connectivity index (χ2v) is 18.1. The van der Waals surface area contributed by atoms with Crippen molar-refractivity contribution in [1.29, 1.82) is 0 Å². The molecule has 1 fully saturated rings. The fourth-order valence-corrected chi connectivity index (χ4v) is 11.2. The Morgan fingerprint density at radius 2 is 1.96 bits per heavy atom. The van der Waals surface area contributed by atoms with Crippen molar-refractivity contribution in [2.45, 2.75) is 70.0 Å². The predicted molar refractivity (Wildman–Crippen MR) is 207 cm³/mol. The van der Waals surface area contributed by atoms with Gasteiger partial charge in [0, 0.05) is 41.8 Å². The van der Waals surface area contributed by atoms with Gasteiger partial charge in [0.1, 0.15) is 15.7 Å². The molecule has 11 heteroatoms. The molecule has 0 aromatic heterocycles. The number of hydrogen-bond donors (Lipinski definition) is 1. The average molecular weight is 758 g/mol. The van der Waals surface area contributed by atoms with Crippen LogP contribution in [0.25, 0.3) is 0 Å². The normalized spacial score (nSPS) is 30.3. The van der Waals surface area contributed by atoms with E-state index in [0.717, 1.165) is 67.0 Å². The Balaban J connectivity index is 1.18. The number of fused-ring (bicyclic) bond motifs is 5. The van der Waals surface area contributed by atoms with Gasteiger partial charge in [-0.1, -0.05) is 42.8 Å². The van der Waals surface area contributed by atoms with Crippen LogP contribution in [0.3, 0.4) is 0 Å². The van der Waals surface area contributed by atoms with Crippen molar-refractivity contribution < 1.29 is 28.0 Å². The molecule has 2 aliphatic carbocycles. The summed E-state index contributed by atoms with van der Waals surface area (Å²) in [5, 5.41) is 0.742. The van der Waals surface area contributed by atoms with Crippen LogP contribution in [0, 0.1) is 17.8 Å². The molecule has 53 heavy (non-hydrogen) atoms. The van der Waals surface area contributed by atoms with Crippen molar-refractivity contribution in [3.8, 4) is 5.75 Å². The van der Waals surface area contributed by atoms with Crippen molar-refractivity contribution in [2.24, 2.45) is 22.1 Å². The molecule has 280 valence electrons. The number of aryl methyl sites for hydroxylation is 1. The van der Waals surface area contributed by atoms with E-state index in [2.05, 4.69) is 38.3 Å². The molecule has 2 bridgehead atoms. The maximum Gasteiger partial charge on any atom is 0.286 e. The van der Waals surface area contributed by atoms with Gasteiger partial charge < -0.3 is 19.1 Å². The molecule has 3 aromatic carbocycles. The summed E-state index contributed by atoms with van der Waals surface area (Å²) in [6.45, 7) is 5.06. The van der Waals surface area contributed by atoms with Crippen LogP contribution in [-0.2, 0) is 44.3 Å². The summed E-state index contributed by atoms with van der Waals surface area (Å²) in [6.07, 6.45) is 10.6. The summed E-state index contributed by atoms with van der Waals surface area (Å²) < 4.78 is 40.1. The van der Waals surface area contributed by atoms with Crippen LogP contribution in [-0.4, -0.2) is 61.3 Å². The molecular weight excluding hydrogens is 710 g/mol. The summed E-state index contributed by atoms with van der Waals surface area (Å²) >= 11 is 6.47. The molecule has 1 unspecified atom stereocenters. The number of halogens is 1. The Morgan fingerprint density at radius 3 is 2.79 bits per heavy atom. The van der Waals surface area contributed by atoms with Gasteiger partial charge in [-0.25, -0.2) is 4.21 Å². The minimum atomic E-state index is -3.53. The van der Waals surface area contributed by atoms with Gasteiger partial charge in [0.05, 0.1) is 37.4 Å². The number of carbonyl (C=O) groups is 2. The zero-order valence-electron chi connectivity index (χ0n) is 30.5. The smallest absolute Gasteiger partial charge is 0.286 e. The molecule has 6 atom stereocenters. The fraction of sp³-hybridized carbons (Fsp3) is 0.476. The van der Waals surface area contributed by atoms with E-state index < -0.39 is 21.7 Å². The third kappa shape index (κ3) is 7.40. The lowest BCUT2D eigenvalue weighted by atomic mass is 9.68. The Labute approximate surface area is 317 Å². The first-order chi connectivity index (χ1) is 25.6. The maximum absolute atomic E-state index is 14.7. The van der Waals surface area contributed by atoms with Gasteiger partial charge in [0.25, 0.3) is 11.8 Å². The van der Waals surface area contributed by atoms with E-state index in [-0.39, 0.29) is 23.2 Å². The van der Waals surface area contributed by atoms with Crippen molar-refractivity contribution in [3.05, 3.63) is 105 Å². The third-order valence-corrected chi connectivity index (χ3v) is 14.2. The van der Waals surface area contributed by atoms with Gasteiger partial charge in [0.2, 0.25) is 0 Å². The Kier molecular flexibility index (Phi) is 10.2. The SMILES string of the molecule is CO[C@H]1/C=C/C[C@H](C)CS(=O)(NC(=O)c2ccc3c(c2)CCOC3)=NC(=O)c2ccc3c(c2)N(C[C@@H]2CC[C@H]21)C[C@@]1(CCCc2cc(Cl)ccc21)CO3. The number of carbonyl (C=O) groups excluding carboxylic acids is 2. The van der Waals surface area contributed by atoms with Crippen LogP contribution < -0.4 is 14.4 Å². The lowest BCUT2D eigenvalue weighted by Gasteiger charge is -2.46. The third-order valence-electron chi connectivity index (χ3n) is 12.0. The molecule has 1 saturated carbocycles. The fourth-order valence-electron chi connectivity index (χ4n) is 9.08. The molecule has 1 N–H and O–H groups in total. The Bertz CT molecular complexity index is 2080. The second kappa shape index (κ2) is 14.9. The van der Waals surface area contributed by atoms with Crippen molar-refractivity contribution in [2.75, 3.05) is 44.1 Å². The Morgan fingerprint density at radius 1 is 1.08 bits per heavy atom. The van der Waals surface area contributed by atoms with Gasteiger partial charge in [-0.05, 0) is 127 Å². The van der Waals surface area contributed by atoms with Gasteiger partial charge in [-0.3, -0.25) is 14.3 Å². The Hall–Kier alpha value is -3.70. The maximum atomic E-state index is 14.7. The monoisotopic (exact) mass is 757 g/mol. The van der Waals surface area contributed by atoms with Gasteiger partial charge in [-0.2, -0.15) is 0 Å². The molecule has 3 aromatic rings. The minimum absolute atomic E-state index is 0.0173. The van der Waals surface area contributed by atoms with Crippen LogP contribution >= 0.6 is 11.6 Å². The molecule has 1 spiro atoms. The van der Waals surface area contributed by atoms with E-state index in [1.54, 1.807) is 19.2 Å². The number of amides is 2. The first-order valence-corrected chi connectivity index (χ1v) is 21.0. The summed E-state index contributed by atoms with van der Waals surface area (Å²) in [6, 6.07) is 17.0. The molecule has 9 nitrogen and oxygen atoms in total. The molecule has 0 radical (unpaired) electrons.